The van der Waals surface area contributed by atoms with Crippen LogP contribution in [-0.4, -0.2) is 23.4 Å². The van der Waals surface area contributed by atoms with Crippen LogP contribution in [0.2, 0.25) is 5.02 Å². The molecular weight excluding hydrogens is 266 g/mol. The number of halogens is 1. The molecule has 2 heterocycles. The highest BCUT2D eigenvalue weighted by molar-refractivity contribution is 6.31. The normalized spacial score (nSPS) is 19.5. The summed E-state index contributed by atoms with van der Waals surface area (Å²) in [7, 11) is 0. The zero-order chi connectivity index (χ0) is 13.2. The highest BCUT2D eigenvalue weighted by Crippen LogP contribution is 2.30. The molecular formula is C13H14ClN3O2. The van der Waals surface area contributed by atoms with Gasteiger partial charge in [-0.25, -0.2) is 0 Å². The van der Waals surface area contributed by atoms with Crippen molar-refractivity contribution < 1.29 is 9.26 Å². The number of hydrogen-bond acceptors (Lipinski definition) is 5. The molecule has 100 valence electrons. The fraction of sp³-hybridized carbons (Fsp3) is 0.385. The number of ether oxygens (including phenoxy) is 1. The lowest BCUT2D eigenvalue weighted by Gasteiger charge is -2.18. The lowest BCUT2D eigenvalue weighted by molar-refractivity contribution is 0.0773. The van der Waals surface area contributed by atoms with Gasteiger partial charge in [0.05, 0.1) is 12.2 Å². The zero-order valence-corrected chi connectivity index (χ0v) is 11.1. The molecule has 0 aliphatic carbocycles. The topological polar surface area (TPSA) is 74.2 Å². The van der Waals surface area contributed by atoms with Crippen molar-refractivity contribution in [2.75, 3.05) is 18.9 Å². The van der Waals surface area contributed by atoms with E-state index in [2.05, 4.69) is 10.1 Å². The van der Waals surface area contributed by atoms with E-state index >= 15 is 0 Å². The van der Waals surface area contributed by atoms with Gasteiger partial charge in [-0.2, -0.15) is 4.98 Å². The van der Waals surface area contributed by atoms with E-state index in [1.54, 1.807) is 18.2 Å². The molecule has 1 aliphatic rings. The van der Waals surface area contributed by atoms with E-state index in [1.165, 1.54) is 0 Å². The Labute approximate surface area is 115 Å². The molecule has 0 amide bonds. The van der Waals surface area contributed by atoms with Crippen LogP contribution in [0.5, 0.6) is 0 Å². The monoisotopic (exact) mass is 279 g/mol. The maximum absolute atomic E-state index is 5.96. The van der Waals surface area contributed by atoms with E-state index in [-0.39, 0.29) is 5.92 Å². The van der Waals surface area contributed by atoms with E-state index in [9.17, 15) is 0 Å². The number of nitrogens with zero attached hydrogens (tertiary/aromatic N) is 2. The van der Waals surface area contributed by atoms with Crippen LogP contribution in [0, 0.1) is 0 Å². The Morgan fingerprint density at radius 2 is 2.26 bits per heavy atom. The standard InChI is InChI=1S/C13H14ClN3O2/c14-9-3-4-11(15)10(6-9)13-16-12(17-19-13)8-2-1-5-18-7-8/h3-4,6,8H,1-2,5,7,15H2. The number of rotatable bonds is 2. The van der Waals surface area contributed by atoms with E-state index in [0.29, 0.717) is 34.6 Å². The Morgan fingerprint density at radius 1 is 1.37 bits per heavy atom. The van der Waals surface area contributed by atoms with Crippen LogP contribution in [-0.2, 0) is 4.74 Å². The van der Waals surface area contributed by atoms with Crippen LogP contribution in [0.1, 0.15) is 24.6 Å². The van der Waals surface area contributed by atoms with Gasteiger partial charge >= 0.3 is 0 Å². The minimum absolute atomic E-state index is 0.201. The van der Waals surface area contributed by atoms with Crippen molar-refractivity contribution in [1.29, 1.82) is 0 Å². The Morgan fingerprint density at radius 3 is 3.05 bits per heavy atom. The minimum Gasteiger partial charge on any atom is -0.398 e. The highest BCUT2D eigenvalue weighted by Gasteiger charge is 2.22. The number of nitrogens with two attached hydrogens (primary N) is 1. The summed E-state index contributed by atoms with van der Waals surface area (Å²) in [5, 5.41) is 4.61. The van der Waals surface area contributed by atoms with Gasteiger partial charge in [0.15, 0.2) is 5.82 Å². The van der Waals surface area contributed by atoms with Gasteiger partial charge in [-0.3, -0.25) is 0 Å². The molecule has 5 nitrogen and oxygen atoms in total. The maximum atomic E-state index is 5.96. The lowest BCUT2D eigenvalue weighted by Crippen LogP contribution is -2.16. The summed E-state index contributed by atoms with van der Waals surface area (Å²) in [5.41, 5.74) is 7.14. The molecule has 2 N–H and O–H groups in total. The summed E-state index contributed by atoms with van der Waals surface area (Å²) in [4.78, 5) is 4.41. The Kier molecular flexibility index (Phi) is 3.40. The van der Waals surface area contributed by atoms with Gasteiger partial charge in [-0.05, 0) is 31.0 Å². The Bertz CT molecular complexity index is 579. The fourth-order valence-corrected chi connectivity index (χ4v) is 2.34. The average Bonchev–Trinajstić information content (AvgIpc) is 2.92. The smallest absolute Gasteiger partial charge is 0.260 e. The third-order valence-electron chi connectivity index (χ3n) is 3.21. The third-order valence-corrected chi connectivity index (χ3v) is 3.45. The fourth-order valence-electron chi connectivity index (χ4n) is 2.17. The quantitative estimate of drug-likeness (QED) is 0.856. The first-order valence-electron chi connectivity index (χ1n) is 6.21. The van der Waals surface area contributed by atoms with Gasteiger partial charge < -0.3 is 15.0 Å². The van der Waals surface area contributed by atoms with Crippen molar-refractivity contribution in [2.45, 2.75) is 18.8 Å². The molecule has 0 bridgehead atoms. The number of anilines is 1. The molecule has 0 saturated carbocycles. The van der Waals surface area contributed by atoms with Crippen molar-refractivity contribution in [3.63, 3.8) is 0 Å². The summed E-state index contributed by atoms with van der Waals surface area (Å²) in [5.74, 6) is 1.28. The van der Waals surface area contributed by atoms with Crippen LogP contribution in [0.15, 0.2) is 22.7 Å². The lowest BCUT2D eigenvalue weighted by atomic mass is 10.0. The zero-order valence-electron chi connectivity index (χ0n) is 10.3. The Hall–Kier alpha value is -1.59. The van der Waals surface area contributed by atoms with Gasteiger partial charge in [0.25, 0.3) is 5.89 Å². The largest absolute Gasteiger partial charge is 0.398 e. The van der Waals surface area contributed by atoms with Gasteiger partial charge in [0.1, 0.15) is 0 Å². The first kappa shape index (κ1) is 12.4. The molecule has 0 radical (unpaired) electrons. The van der Waals surface area contributed by atoms with Crippen LogP contribution >= 0.6 is 11.6 Å². The predicted molar refractivity (Wildman–Crippen MR) is 72.0 cm³/mol. The van der Waals surface area contributed by atoms with Gasteiger partial charge in [0.2, 0.25) is 0 Å². The molecule has 6 heteroatoms. The van der Waals surface area contributed by atoms with Crippen molar-refractivity contribution >= 4 is 17.3 Å². The molecule has 1 unspecified atom stereocenters. The summed E-state index contributed by atoms with van der Waals surface area (Å²) in [6.45, 7) is 1.45. The molecule has 3 rings (SSSR count). The van der Waals surface area contributed by atoms with E-state index in [1.807, 2.05) is 0 Å². The predicted octanol–water partition coefficient (Wildman–Crippen LogP) is 2.87. The van der Waals surface area contributed by atoms with E-state index in [4.69, 9.17) is 26.6 Å². The number of aromatic nitrogens is 2. The van der Waals surface area contributed by atoms with Gasteiger partial charge in [0, 0.05) is 23.2 Å². The van der Waals surface area contributed by atoms with E-state index in [0.717, 1.165) is 19.4 Å². The summed E-state index contributed by atoms with van der Waals surface area (Å²) >= 11 is 5.96. The second-order valence-corrected chi connectivity index (χ2v) is 5.04. The highest BCUT2D eigenvalue weighted by atomic mass is 35.5. The first-order valence-corrected chi connectivity index (χ1v) is 6.58. The summed E-state index contributed by atoms with van der Waals surface area (Å²) in [6.07, 6.45) is 2.04. The van der Waals surface area contributed by atoms with Crippen molar-refractivity contribution in [2.24, 2.45) is 0 Å². The van der Waals surface area contributed by atoms with Crippen LogP contribution in [0.25, 0.3) is 11.5 Å². The molecule has 1 fully saturated rings. The van der Waals surface area contributed by atoms with Crippen molar-refractivity contribution in [3.05, 3.63) is 29.0 Å². The summed E-state index contributed by atoms with van der Waals surface area (Å²) in [6, 6.07) is 5.18. The third kappa shape index (κ3) is 2.57. The molecule has 1 aliphatic heterocycles. The molecule has 0 spiro atoms. The molecule has 1 saturated heterocycles. The Balaban J connectivity index is 1.89. The number of hydrogen-bond donors (Lipinski definition) is 1. The van der Waals surface area contributed by atoms with Crippen LogP contribution in [0.4, 0.5) is 5.69 Å². The summed E-state index contributed by atoms with van der Waals surface area (Å²) < 4.78 is 10.7. The molecule has 1 aromatic heterocycles. The van der Waals surface area contributed by atoms with Crippen LogP contribution in [0.3, 0.4) is 0 Å². The average molecular weight is 280 g/mol. The molecule has 2 aromatic rings. The van der Waals surface area contributed by atoms with Gasteiger partial charge in [-0.15, -0.1) is 0 Å². The molecule has 1 atom stereocenters. The molecule has 19 heavy (non-hydrogen) atoms. The van der Waals surface area contributed by atoms with Crippen molar-refractivity contribution in [1.82, 2.24) is 10.1 Å². The first-order chi connectivity index (χ1) is 9.24. The second kappa shape index (κ2) is 5.19. The van der Waals surface area contributed by atoms with Crippen molar-refractivity contribution in [3.8, 4) is 11.5 Å². The molecule has 1 aromatic carbocycles. The van der Waals surface area contributed by atoms with Crippen LogP contribution < -0.4 is 5.73 Å². The number of benzene rings is 1. The van der Waals surface area contributed by atoms with Gasteiger partial charge in [-0.1, -0.05) is 16.8 Å². The maximum Gasteiger partial charge on any atom is 0.260 e. The van der Waals surface area contributed by atoms with E-state index < -0.39 is 0 Å². The number of nitrogen functional groups attached to an aromatic ring is 1. The second-order valence-electron chi connectivity index (χ2n) is 4.60. The SMILES string of the molecule is Nc1ccc(Cl)cc1-c1nc(C2CCCOC2)no1. The minimum atomic E-state index is 0.201.